The normalized spacial score (nSPS) is 30.2. The van der Waals surface area contributed by atoms with Crippen molar-refractivity contribution < 1.29 is 13.9 Å². The van der Waals surface area contributed by atoms with Crippen LogP contribution in [0.1, 0.15) is 17.2 Å². The SMILES string of the molecule is N[C@H]1c2ccccc2C(F)(F)[C@@H]1O. The Morgan fingerprint density at radius 2 is 1.92 bits per heavy atom. The molecule has 1 aliphatic carbocycles. The lowest BCUT2D eigenvalue weighted by atomic mass is 10.1. The Kier molecular flexibility index (Phi) is 1.65. The zero-order valence-corrected chi connectivity index (χ0v) is 6.74. The number of alkyl halides is 2. The van der Waals surface area contributed by atoms with Gasteiger partial charge in [0.25, 0.3) is 0 Å². The minimum absolute atomic E-state index is 0.157. The van der Waals surface area contributed by atoms with E-state index in [1.165, 1.54) is 18.2 Å². The summed E-state index contributed by atoms with van der Waals surface area (Å²) in [7, 11) is 0. The second-order valence-electron chi connectivity index (χ2n) is 3.18. The lowest BCUT2D eigenvalue weighted by molar-refractivity contribution is -0.110. The summed E-state index contributed by atoms with van der Waals surface area (Å²) in [5.41, 5.74) is 5.61. The van der Waals surface area contributed by atoms with E-state index in [4.69, 9.17) is 5.73 Å². The van der Waals surface area contributed by atoms with Gasteiger partial charge < -0.3 is 10.8 Å². The maximum atomic E-state index is 13.3. The van der Waals surface area contributed by atoms with Crippen LogP contribution in [0.4, 0.5) is 8.78 Å². The van der Waals surface area contributed by atoms with E-state index in [-0.39, 0.29) is 5.56 Å². The van der Waals surface area contributed by atoms with E-state index in [1.54, 1.807) is 6.07 Å². The summed E-state index contributed by atoms with van der Waals surface area (Å²) in [6.07, 6.45) is -1.80. The number of fused-ring (bicyclic) bond motifs is 1. The molecule has 0 spiro atoms. The van der Waals surface area contributed by atoms with Crippen LogP contribution in [0.25, 0.3) is 0 Å². The van der Waals surface area contributed by atoms with Gasteiger partial charge in [-0.25, -0.2) is 0 Å². The van der Waals surface area contributed by atoms with Crippen LogP contribution in [-0.2, 0) is 5.92 Å². The highest BCUT2D eigenvalue weighted by molar-refractivity contribution is 5.40. The van der Waals surface area contributed by atoms with Gasteiger partial charge in [-0.3, -0.25) is 0 Å². The molecule has 1 aliphatic rings. The maximum absolute atomic E-state index is 13.3. The van der Waals surface area contributed by atoms with E-state index in [9.17, 15) is 13.9 Å². The molecule has 2 rings (SSSR count). The summed E-state index contributed by atoms with van der Waals surface area (Å²) in [5.74, 6) is -3.21. The van der Waals surface area contributed by atoms with Crippen LogP contribution in [0.2, 0.25) is 0 Å². The van der Waals surface area contributed by atoms with Crippen LogP contribution < -0.4 is 5.73 Å². The monoisotopic (exact) mass is 185 g/mol. The lowest BCUT2D eigenvalue weighted by Gasteiger charge is -2.16. The van der Waals surface area contributed by atoms with Crippen molar-refractivity contribution in [2.75, 3.05) is 0 Å². The van der Waals surface area contributed by atoms with Gasteiger partial charge in [-0.15, -0.1) is 0 Å². The summed E-state index contributed by atoms with van der Waals surface area (Å²) in [6.45, 7) is 0. The van der Waals surface area contributed by atoms with E-state index in [2.05, 4.69) is 0 Å². The van der Waals surface area contributed by atoms with Crippen LogP contribution in [0.15, 0.2) is 24.3 Å². The van der Waals surface area contributed by atoms with Crippen molar-refractivity contribution in [2.45, 2.75) is 18.1 Å². The highest BCUT2D eigenvalue weighted by Gasteiger charge is 2.51. The summed E-state index contributed by atoms with van der Waals surface area (Å²) >= 11 is 0. The van der Waals surface area contributed by atoms with E-state index < -0.39 is 18.1 Å². The predicted molar refractivity (Wildman–Crippen MR) is 43.3 cm³/mol. The Morgan fingerprint density at radius 3 is 2.54 bits per heavy atom. The smallest absolute Gasteiger partial charge is 0.300 e. The molecule has 0 heterocycles. The highest BCUT2D eigenvalue weighted by Crippen LogP contribution is 2.45. The van der Waals surface area contributed by atoms with Gasteiger partial charge in [0.2, 0.25) is 0 Å². The molecule has 1 aromatic rings. The number of rotatable bonds is 0. The van der Waals surface area contributed by atoms with Crippen molar-refractivity contribution in [1.82, 2.24) is 0 Å². The first-order valence-corrected chi connectivity index (χ1v) is 3.96. The van der Waals surface area contributed by atoms with Crippen molar-refractivity contribution in [1.29, 1.82) is 0 Å². The largest absolute Gasteiger partial charge is 0.384 e. The van der Waals surface area contributed by atoms with Crippen LogP contribution in [0.3, 0.4) is 0 Å². The number of aliphatic hydroxyl groups excluding tert-OH is 1. The minimum Gasteiger partial charge on any atom is -0.384 e. The molecule has 0 amide bonds. The second kappa shape index (κ2) is 2.49. The molecule has 4 heteroatoms. The first kappa shape index (κ1) is 8.59. The summed E-state index contributed by atoms with van der Waals surface area (Å²) in [5, 5.41) is 9.17. The number of hydrogen-bond acceptors (Lipinski definition) is 2. The Morgan fingerprint density at radius 1 is 1.31 bits per heavy atom. The number of benzene rings is 1. The Balaban J connectivity index is 2.61. The van der Waals surface area contributed by atoms with Crippen LogP contribution in [0.5, 0.6) is 0 Å². The van der Waals surface area contributed by atoms with Gasteiger partial charge in [0.1, 0.15) is 6.10 Å². The van der Waals surface area contributed by atoms with Gasteiger partial charge in [0.15, 0.2) is 0 Å². The number of halogens is 2. The van der Waals surface area contributed by atoms with Gasteiger partial charge in [-0.05, 0) is 5.56 Å². The molecule has 1 aromatic carbocycles. The third-order valence-electron chi connectivity index (χ3n) is 2.39. The minimum atomic E-state index is -3.21. The number of hydrogen-bond donors (Lipinski definition) is 2. The molecule has 0 fully saturated rings. The van der Waals surface area contributed by atoms with Crippen LogP contribution >= 0.6 is 0 Å². The molecule has 3 N–H and O–H groups in total. The molecule has 2 atom stereocenters. The average Bonchev–Trinajstić information content (AvgIpc) is 2.30. The molecule has 13 heavy (non-hydrogen) atoms. The quantitative estimate of drug-likeness (QED) is 0.637. The van der Waals surface area contributed by atoms with E-state index in [1.807, 2.05) is 0 Å². The molecule has 2 nitrogen and oxygen atoms in total. The highest BCUT2D eigenvalue weighted by atomic mass is 19.3. The first-order valence-electron chi connectivity index (χ1n) is 3.96. The fraction of sp³-hybridized carbons (Fsp3) is 0.333. The zero-order valence-electron chi connectivity index (χ0n) is 6.74. The molecule has 0 saturated carbocycles. The molecule has 0 unspecified atom stereocenters. The number of aliphatic hydroxyl groups is 1. The second-order valence-corrected chi connectivity index (χ2v) is 3.18. The Bertz CT molecular complexity index is 340. The van der Waals surface area contributed by atoms with Gasteiger partial charge >= 0.3 is 5.92 Å². The fourth-order valence-corrected chi connectivity index (χ4v) is 1.65. The molecule has 0 radical (unpaired) electrons. The van der Waals surface area contributed by atoms with Crippen molar-refractivity contribution in [3.05, 3.63) is 35.4 Å². The van der Waals surface area contributed by atoms with Gasteiger partial charge in [0.05, 0.1) is 6.04 Å². The first-order chi connectivity index (χ1) is 6.05. The molecule has 0 aliphatic heterocycles. The molecule has 0 bridgehead atoms. The Labute approximate surface area is 74.0 Å². The summed E-state index contributed by atoms with van der Waals surface area (Å²) in [6, 6.07) is 4.98. The molecule has 0 saturated heterocycles. The van der Waals surface area contributed by atoms with Crippen molar-refractivity contribution in [3.63, 3.8) is 0 Å². The third-order valence-corrected chi connectivity index (χ3v) is 2.39. The molecule has 70 valence electrons. The van der Waals surface area contributed by atoms with E-state index >= 15 is 0 Å². The van der Waals surface area contributed by atoms with Gasteiger partial charge in [0, 0.05) is 5.56 Å². The average molecular weight is 185 g/mol. The molecular formula is C9H9F2NO. The fourth-order valence-electron chi connectivity index (χ4n) is 1.65. The molecular weight excluding hydrogens is 176 g/mol. The topological polar surface area (TPSA) is 46.2 Å². The van der Waals surface area contributed by atoms with Crippen LogP contribution in [-0.4, -0.2) is 11.2 Å². The zero-order chi connectivity index (χ0) is 9.64. The summed E-state index contributed by atoms with van der Waals surface area (Å²) in [4.78, 5) is 0. The van der Waals surface area contributed by atoms with E-state index in [0.717, 1.165) is 0 Å². The maximum Gasteiger partial charge on any atom is 0.300 e. The van der Waals surface area contributed by atoms with Gasteiger partial charge in [-0.2, -0.15) is 8.78 Å². The van der Waals surface area contributed by atoms with E-state index in [0.29, 0.717) is 5.56 Å². The van der Waals surface area contributed by atoms with Crippen molar-refractivity contribution in [3.8, 4) is 0 Å². The molecule has 0 aromatic heterocycles. The van der Waals surface area contributed by atoms with Crippen molar-refractivity contribution >= 4 is 0 Å². The third kappa shape index (κ3) is 0.990. The van der Waals surface area contributed by atoms with Gasteiger partial charge in [-0.1, -0.05) is 24.3 Å². The summed E-state index contributed by atoms with van der Waals surface area (Å²) < 4.78 is 26.5. The van der Waals surface area contributed by atoms with Crippen LogP contribution in [0, 0.1) is 0 Å². The number of nitrogens with two attached hydrogens (primary N) is 1. The van der Waals surface area contributed by atoms with Crippen molar-refractivity contribution in [2.24, 2.45) is 5.73 Å². The predicted octanol–water partition coefficient (Wildman–Crippen LogP) is 1.15. The Hall–Kier alpha value is -1.00. The standard InChI is InChI=1S/C9H9F2NO/c10-9(11)6-4-2-1-3-5(6)7(12)8(9)13/h1-4,7-8,13H,12H2/t7-,8+/m0/s1. The lowest BCUT2D eigenvalue weighted by Crippen LogP contribution is -2.32.